The summed E-state index contributed by atoms with van der Waals surface area (Å²) in [4.78, 5) is 29.9. The van der Waals surface area contributed by atoms with Crippen LogP contribution in [0.25, 0.3) is 22.3 Å². The number of halogens is 4. The molecule has 1 atom stereocenters. The van der Waals surface area contributed by atoms with Crippen molar-refractivity contribution in [3.05, 3.63) is 155 Å². The summed E-state index contributed by atoms with van der Waals surface area (Å²) in [6.07, 6.45) is 3.27. The molecule has 7 aromatic rings. The summed E-state index contributed by atoms with van der Waals surface area (Å²) in [6.45, 7) is 0.610. The van der Waals surface area contributed by atoms with Crippen LogP contribution < -0.4 is 16.4 Å². The molecule has 2 amide bonds. The molecular weight excluding hydrogens is 678 g/mol. The van der Waals surface area contributed by atoms with Gasteiger partial charge in [-0.05, 0) is 65.2 Å². The SMILES string of the molecule is NCc1nc2cccnc2n1Cc1ccc(F)c(F)c1.O=C(NCc1nc2cccnc2n1Cc1ccc(F)c(F)c1)N[C@@H](CO)c1ccccc1. The largest absolute Gasteiger partial charge is 0.394 e. The van der Waals surface area contributed by atoms with E-state index >= 15 is 0 Å². The quantitative estimate of drug-likeness (QED) is 0.137. The number of carbonyl (C=O) groups is 1. The van der Waals surface area contributed by atoms with Crippen LogP contribution in [0.4, 0.5) is 22.4 Å². The summed E-state index contributed by atoms with van der Waals surface area (Å²) < 4.78 is 56.7. The van der Waals surface area contributed by atoms with E-state index in [1.807, 2.05) is 41.0 Å². The normalized spacial score (nSPS) is 11.7. The first kappa shape index (κ1) is 35.6. The second-order valence-corrected chi connectivity index (χ2v) is 11.6. The number of pyridine rings is 2. The van der Waals surface area contributed by atoms with Crippen molar-refractivity contribution in [2.45, 2.75) is 32.2 Å². The second kappa shape index (κ2) is 16.2. The number of amides is 2. The van der Waals surface area contributed by atoms with Gasteiger partial charge in [0.25, 0.3) is 0 Å². The molecule has 0 saturated carbocycles. The first-order valence-corrected chi connectivity index (χ1v) is 16.1. The zero-order valence-corrected chi connectivity index (χ0v) is 27.6. The highest BCUT2D eigenvalue weighted by atomic mass is 19.2. The van der Waals surface area contributed by atoms with Gasteiger partial charge in [-0.1, -0.05) is 42.5 Å². The van der Waals surface area contributed by atoms with Crippen LogP contribution in [-0.4, -0.2) is 46.8 Å². The Kier molecular flexibility index (Phi) is 11.1. The van der Waals surface area contributed by atoms with Crippen LogP contribution in [0.5, 0.6) is 0 Å². The van der Waals surface area contributed by atoms with E-state index in [4.69, 9.17) is 5.73 Å². The van der Waals surface area contributed by atoms with E-state index in [9.17, 15) is 27.5 Å². The number of rotatable bonds is 10. The smallest absolute Gasteiger partial charge is 0.315 e. The first-order valence-electron chi connectivity index (χ1n) is 16.1. The van der Waals surface area contributed by atoms with Crippen LogP contribution in [0, 0.1) is 23.3 Å². The molecule has 0 aliphatic carbocycles. The number of aromatic nitrogens is 6. The molecule has 3 aromatic carbocycles. The number of imidazole rings is 2. The van der Waals surface area contributed by atoms with Gasteiger partial charge in [0.05, 0.1) is 38.8 Å². The molecule has 0 aliphatic rings. The van der Waals surface area contributed by atoms with Crippen molar-refractivity contribution >= 4 is 28.4 Å². The van der Waals surface area contributed by atoms with E-state index in [1.54, 1.807) is 35.2 Å². The number of carbonyl (C=O) groups excluding carboxylic acids is 1. The lowest BCUT2D eigenvalue weighted by Crippen LogP contribution is -2.39. The van der Waals surface area contributed by atoms with Crippen LogP contribution in [0.3, 0.4) is 0 Å². The summed E-state index contributed by atoms with van der Waals surface area (Å²) in [5.41, 5.74) is 10.2. The number of hydrogen-bond acceptors (Lipinski definition) is 7. The molecule has 15 heteroatoms. The highest BCUT2D eigenvalue weighted by molar-refractivity contribution is 5.75. The van der Waals surface area contributed by atoms with Gasteiger partial charge in [0.2, 0.25) is 0 Å². The molecule has 5 N–H and O–H groups in total. The maximum atomic E-state index is 13.7. The molecule has 0 unspecified atom stereocenters. The van der Waals surface area contributed by atoms with Crippen LogP contribution in [-0.2, 0) is 26.2 Å². The number of aliphatic hydroxyl groups excluding tert-OH is 1. The topological polar surface area (TPSA) is 149 Å². The Morgan fingerprint density at radius 2 is 1.25 bits per heavy atom. The number of aliphatic hydroxyl groups is 1. The standard InChI is InChI=1S/C23H21F2N5O2.C14H12F2N4/c24-17-9-8-15(11-18(17)25)13-30-21(28-19-7-4-10-26-22(19)30)12-27-23(32)29-20(14-31)16-5-2-1-3-6-16;15-10-4-3-9(6-11(10)16)8-20-13(7-17)19-12-2-1-5-18-14(12)20/h1-11,20,31H,12-14H2,(H2,27,29,32);1-6H,7-8,17H2/t20-;/m0./s1. The second-order valence-electron chi connectivity index (χ2n) is 11.6. The minimum absolute atomic E-state index is 0.0683. The minimum Gasteiger partial charge on any atom is -0.394 e. The lowest BCUT2D eigenvalue weighted by atomic mass is 10.1. The zero-order chi connectivity index (χ0) is 36.6. The van der Waals surface area contributed by atoms with E-state index < -0.39 is 35.3 Å². The maximum absolute atomic E-state index is 13.7. The van der Waals surface area contributed by atoms with E-state index in [1.165, 1.54) is 18.2 Å². The van der Waals surface area contributed by atoms with Gasteiger partial charge in [-0.2, -0.15) is 0 Å². The first-order chi connectivity index (χ1) is 25.2. The molecule has 0 aliphatic heterocycles. The Morgan fingerprint density at radius 3 is 1.77 bits per heavy atom. The maximum Gasteiger partial charge on any atom is 0.315 e. The summed E-state index contributed by atoms with van der Waals surface area (Å²) >= 11 is 0. The van der Waals surface area contributed by atoms with Crippen molar-refractivity contribution in [3.8, 4) is 0 Å². The van der Waals surface area contributed by atoms with Crippen molar-refractivity contribution in [1.82, 2.24) is 39.7 Å². The molecule has 11 nitrogen and oxygen atoms in total. The number of fused-ring (bicyclic) bond motifs is 2. The van der Waals surface area contributed by atoms with Gasteiger partial charge >= 0.3 is 6.03 Å². The Labute approximate surface area is 294 Å². The number of nitrogens with one attached hydrogen (secondary N) is 2. The minimum atomic E-state index is -0.935. The van der Waals surface area contributed by atoms with Gasteiger partial charge in [-0.3, -0.25) is 0 Å². The lowest BCUT2D eigenvalue weighted by Gasteiger charge is -2.17. The monoisotopic (exact) mass is 711 g/mol. The van der Waals surface area contributed by atoms with Crippen molar-refractivity contribution in [3.63, 3.8) is 0 Å². The zero-order valence-electron chi connectivity index (χ0n) is 27.6. The fraction of sp³-hybridized carbons (Fsp3) is 0.162. The van der Waals surface area contributed by atoms with Crippen molar-refractivity contribution in [1.29, 1.82) is 0 Å². The fourth-order valence-electron chi connectivity index (χ4n) is 5.56. The van der Waals surface area contributed by atoms with Crippen molar-refractivity contribution in [2.24, 2.45) is 5.73 Å². The molecule has 0 spiro atoms. The van der Waals surface area contributed by atoms with Crippen LogP contribution in [0.2, 0.25) is 0 Å². The van der Waals surface area contributed by atoms with Gasteiger partial charge < -0.3 is 30.6 Å². The number of nitrogens with two attached hydrogens (primary N) is 1. The Balaban J connectivity index is 0.000000198. The summed E-state index contributed by atoms with van der Waals surface area (Å²) in [5.74, 6) is -2.43. The van der Waals surface area contributed by atoms with Gasteiger partial charge in [0.1, 0.15) is 22.7 Å². The van der Waals surface area contributed by atoms with E-state index in [0.29, 0.717) is 46.1 Å². The molecule has 52 heavy (non-hydrogen) atoms. The molecule has 0 saturated heterocycles. The Bertz CT molecular complexity index is 2310. The number of benzene rings is 3. The van der Waals surface area contributed by atoms with Gasteiger partial charge in [0.15, 0.2) is 34.6 Å². The predicted molar refractivity (Wildman–Crippen MR) is 186 cm³/mol. The third-order valence-corrected chi connectivity index (χ3v) is 8.09. The molecule has 266 valence electrons. The Morgan fingerprint density at radius 1 is 0.712 bits per heavy atom. The predicted octanol–water partition coefficient (Wildman–Crippen LogP) is 5.51. The molecule has 0 bridgehead atoms. The summed E-state index contributed by atoms with van der Waals surface area (Å²) in [6, 6.07) is 22.7. The van der Waals surface area contributed by atoms with Crippen LogP contribution >= 0.6 is 0 Å². The summed E-state index contributed by atoms with van der Waals surface area (Å²) in [7, 11) is 0. The van der Waals surface area contributed by atoms with Crippen molar-refractivity contribution in [2.75, 3.05) is 6.61 Å². The highest BCUT2D eigenvalue weighted by Crippen LogP contribution is 2.19. The molecular formula is C37H33F4N9O2. The number of urea groups is 1. The number of hydrogen-bond donors (Lipinski definition) is 4. The molecule has 0 fully saturated rings. The molecule has 7 rings (SSSR count). The molecule has 4 heterocycles. The van der Waals surface area contributed by atoms with E-state index in [2.05, 4.69) is 30.6 Å². The molecule has 0 radical (unpaired) electrons. The fourth-order valence-corrected chi connectivity index (χ4v) is 5.56. The van der Waals surface area contributed by atoms with E-state index in [-0.39, 0.29) is 26.2 Å². The van der Waals surface area contributed by atoms with E-state index in [0.717, 1.165) is 29.3 Å². The highest BCUT2D eigenvalue weighted by Gasteiger charge is 2.17. The third kappa shape index (κ3) is 8.22. The average molecular weight is 712 g/mol. The van der Waals surface area contributed by atoms with Gasteiger partial charge in [-0.15, -0.1) is 0 Å². The molecule has 4 aromatic heterocycles. The van der Waals surface area contributed by atoms with Crippen molar-refractivity contribution < 1.29 is 27.5 Å². The average Bonchev–Trinajstić information content (AvgIpc) is 3.70. The lowest BCUT2D eigenvalue weighted by molar-refractivity contribution is 0.216. The number of nitrogens with zero attached hydrogens (tertiary/aromatic N) is 6. The van der Waals surface area contributed by atoms with Crippen LogP contribution in [0.1, 0.15) is 34.4 Å². The van der Waals surface area contributed by atoms with Crippen LogP contribution in [0.15, 0.2) is 103 Å². The van der Waals surface area contributed by atoms with Gasteiger partial charge in [0, 0.05) is 12.4 Å². The third-order valence-electron chi connectivity index (χ3n) is 8.09. The Hall–Kier alpha value is -6.19. The van der Waals surface area contributed by atoms with Gasteiger partial charge in [-0.25, -0.2) is 42.3 Å². The summed E-state index contributed by atoms with van der Waals surface area (Å²) in [5, 5.41) is 15.1.